The Bertz CT molecular complexity index is 2430. The second kappa shape index (κ2) is 10.4. The van der Waals surface area contributed by atoms with Crippen LogP contribution in [0.4, 0.5) is 0 Å². The average molecular weight is 600 g/mol. The molecule has 0 aliphatic carbocycles. The van der Waals surface area contributed by atoms with Crippen molar-refractivity contribution >= 4 is 49.0 Å². The fourth-order valence-electron chi connectivity index (χ4n) is 7.96. The van der Waals surface area contributed by atoms with Crippen LogP contribution in [-0.2, 0) is 7.05 Å². The zero-order chi connectivity index (χ0) is 32.0. The van der Waals surface area contributed by atoms with E-state index in [0.29, 0.717) is 17.8 Å². The van der Waals surface area contributed by atoms with Crippen LogP contribution in [0.25, 0.3) is 71.3 Å². The van der Waals surface area contributed by atoms with Crippen LogP contribution in [0.15, 0.2) is 97.2 Å². The summed E-state index contributed by atoms with van der Waals surface area (Å²) in [5, 5.41) is 6.58. The molecule has 2 nitrogen and oxygen atoms in total. The van der Waals surface area contributed by atoms with Gasteiger partial charge in [-0.1, -0.05) is 108 Å². The van der Waals surface area contributed by atoms with Crippen LogP contribution >= 0.6 is 0 Å². The zero-order valence-corrected chi connectivity index (χ0v) is 28.4. The van der Waals surface area contributed by atoms with Crippen molar-refractivity contribution in [2.75, 3.05) is 0 Å². The predicted octanol–water partition coefficient (Wildman–Crippen LogP) is 11.8. The first-order chi connectivity index (χ1) is 22.1. The van der Waals surface area contributed by atoms with Gasteiger partial charge in [-0.15, -0.1) is 0 Å². The number of hydrogen-bond acceptors (Lipinski definition) is 0. The summed E-state index contributed by atoms with van der Waals surface area (Å²) in [5.74, 6) is 1.32. The molecule has 228 valence electrons. The van der Waals surface area contributed by atoms with E-state index in [0.717, 1.165) is 0 Å². The highest BCUT2D eigenvalue weighted by atomic mass is 15.0. The molecule has 3 heterocycles. The minimum Gasteiger partial charge on any atom is -0.307 e. The quantitative estimate of drug-likeness (QED) is 0.106. The lowest BCUT2D eigenvalue weighted by molar-refractivity contribution is -0.643. The highest BCUT2D eigenvalue weighted by Gasteiger charge is 2.26. The molecule has 0 aliphatic heterocycles. The number of nitrogens with zero attached hydrogens (tertiary/aromatic N) is 2. The number of fused-ring (bicyclic) bond motifs is 5. The van der Waals surface area contributed by atoms with Crippen LogP contribution in [0.1, 0.15) is 81.5 Å². The van der Waals surface area contributed by atoms with Gasteiger partial charge in [-0.3, -0.25) is 0 Å². The molecule has 0 saturated carbocycles. The monoisotopic (exact) mass is 599 g/mol. The second-order valence-electron chi connectivity index (χ2n) is 14.4. The number of rotatable bonds is 5. The lowest BCUT2D eigenvalue weighted by Crippen LogP contribution is -2.28. The van der Waals surface area contributed by atoms with Crippen LogP contribution in [0.5, 0.6) is 0 Å². The fourth-order valence-corrected chi connectivity index (χ4v) is 7.96. The topological polar surface area (TPSA) is 8.29 Å². The molecule has 0 bridgehead atoms. The van der Waals surface area contributed by atoms with E-state index in [1.807, 2.05) is 0 Å². The van der Waals surface area contributed by atoms with E-state index in [1.54, 1.807) is 0 Å². The lowest BCUT2D eigenvalue weighted by Gasteiger charge is -2.24. The van der Waals surface area contributed by atoms with Crippen molar-refractivity contribution < 1.29 is 4.57 Å². The van der Waals surface area contributed by atoms with Crippen molar-refractivity contribution in [3.63, 3.8) is 0 Å². The third kappa shape index (κ3) is 4.12. The number of pyridine rings is 2. The van der Waals surface area contributed by atoms with Gasteiger partial charge in [-0.05, 0) is 92.8 Å². The van der Waals surface area contributed by atoms with Crippen molar-refractivity contribution in [1.82, 2.24) is 4.40 Å². The molecule has 0 radical (unpaired) electrons. The summed E-state index contributed by atoms with van der Waals surface area (Å²) in [5.41, 5.74) is 16.0. The summed E-state index contributed by atoms with van der Waals surface area (Å²) in [6, 6.07) is 34.7. The maximum atomic E-state index is 2.59. The highest BCUT2D eigenvalue weighted by Crippen LogP contribution is 2.45. The molecule has 0 amide bonds. The summed E-state index contributed by atoms with van der Waals surface area (Å²) in [6.45, 7) is 16.3. The van der Waals surface area contributed by atoms with Crippen molar-refractivity contribution in [2.45, 2.75) is 66.2 Å². The number of hydrogen-bond donors (Lipinski definition) is 0. The number of aromatic nitrogens is 2. The molecule has 5 aromatic carbocycles. The standard InChI is InChI=1S/C44H43N2/c1-25(2)32-21-36(26(3)4)41(37(22-32)27(5)6)33-20-31-18-19-45(8)44-40-28(7)14-16-35-34-17-15-30(29-12-10-9-11-13-29)23-38(34)46(43(35)40)39(24-33)42(31)44/h9-27H,1-8H3/q+1. The van der Waals surface area contributed by atoms with E-state index >= 15 is 0 Å². The Labute approximate surface area is 272 Å². The van der Waals surface area contributed by atoms with Crippen molar-refractivity contribution in [2.24, 2.45) is 7.05 Å². The smallest absolute Gasteiger partial charge is 0.224 e. The maximum Gasteiger partial charge on any atom is 0.224 e. The van der Waals surface area contributed by atoms with Crippen LogP contribution < -0.4 is 4.57 Å². The van der Waals surface area contributed by atoms with Crippen LogP contribution in [0, 0.1) is 6.92 Å². The fraction of sp³-hybridized carbons (Fsp3) is 0.250. The SMILES string of the molecule is Cc1ccc2c3ccc(-c4ccccc4)cc3n3c4cc(-c5c(C(C)C)cc(C(C)C)cc5C(C)C)cc5cc[n+](C)c(c1c23)c54. The van der Waals surface area contributed by atoms with E-state index in [4.69, 9.17) is 0 Å². The van der Waals surface area contributed by atoms with E-state index < -0.39 is 0 Å². The summed E-state index contributed by atoms with van der Waals surface area (Å²) < 4.78 is 4.92. The molecule has 3 aromatic heterocycles. The molecule has 0 atom stereocenters. The first-order valence-corrected chi connectivity index (χ1v) is 16.9. The Morgan fingerprint density at radius 3 is 1.93 bits per heavy atom. The predicted molar refractivity (Wildman–Crippen MR) is 198 cm³/mol. The first-order valence-electron chi connectivity index (χ1n) is 16.9. The Morgan fingerprint density at radius 1 is 0.587 bits per heavy atom. The van der Waals surface area contributed by atoms with Crippen LogP contribution in [0.3, 0.4) is 0 Å². The molecule has 46 heavy (non-hydrogen) atoms. The summed E-state index contributed by atoms with van der Waals surface area (Å²) in [4.78, 5) is 0. The molecule has 0 N–H and O–H groups in total. The average Bonchev–Trinajstić information content (AvgIpc) is 3.38. The van der Waals surface area contributed by atoms with E-state index in [-0.39, 0.29) is 0 Å². The third-order valence-electron chi connectivity index (χ3n) is 10.4. The molecule has 0 unspecified atom stereocenters. The van der Waals surface area contributed by atoms with Crippen LogP contribution in [-0.4, -0.2) is 4.40 Å². The van der Waals surface area contributed by atoms with Crippen molar-refractivity contribution in [3.05, 3.63) is 119 Å². The molecule has 0 saturated heterocycles. The van der Waals surface area contributed by atoms with Gasteiger partial charge in [0.2, 0.25) is 5.52 Å². The Morgan fingerprint density at radius 2 is 1.26 bits per heavy atom. The van der Waals surface area contributed by atoms with Crippen molar-refractivity contribution in [3.8, 4) is 22.3 Å². The number of benzene rings is 5. The highest BCUT2D eigenvalue weighted by molar-refractivity contribution is 6.26. The molecule has 2 heteroatoms. The molecular formula is C44H43N2+. The van der Waals surface area contributed by atoms with Crippen molar-refractivity contribution in [1.29, 1.82) is 0 Å². The number of aryl methyl sites for hydroxylation is 2. The molecule has 0 spiro atoms. The van der Waals surface area contributed by atoms with E-state index in [2.05, 4.69) is 162 Å². The maximum absolute atomic E-state index is 2.59. The van der Waals surface area contributed by atoms with Gasteiger partial charge in [0.25, 0.3) is 0 Å². The van der Waals surface area contributed by atoms with E-state index in [9.17, 15) is 0 Å². The minimum atomic E-state index is 0.415. The largest absolute Gasteiger partial charge is 0.307 e. The van der Waals surface area contributed by atoms with Gasteiger partial charge < -0.3 is 4.40 Å². The Hall–Kier alpha value is -4.69. The summed E-state index contributed by atoms with van der Waals surface area (Å²) in [7, 11) is 2.20. The van der Waals surface area contributed by atoms with Gasteiger partial charge in [0, 0.05) is 16.8 Å². The molecular weight excluding hydrogens is 556 g/mol. The minimum absolute atomic E-state index is 0.415. The van der Waals surface area contributed by atoms with Gasteiger partial charge in [-0.2, -0.15) is 0 Å². The molecule has 8 aromatic rings. The van der Waals surface area contributed by atoms with Gasteiger partial charge >= 0.3 is 0 Å². The van der Waals surface area contributed by atoms with Gasteiger partial charge in [-0.25, -0.2) is 4.57 Å². The Kier molecular flexibility index (Phi) is 6.52. The summed E-state index contributed by atoms with van der Waals surface area (Å²) in [6.07, 6.45) is 2.25. The molecule has 0 fully saturated rings. The van der Waals surface area contributed by atoms with Gasteiger partial charge in [0.15, 0.2) is 6.20 Å². The normalized spacial score (nSPS) is 12.5. The second-order valence-corrected chi connectivity index (χ2v) is 14.4. The Balaban J connectivity index is 1.59. The van der Waals surface area contributed by atoms with E-state index in [1.165, 1.54) is 93.5 Å². The van der Waals surface area contributed by atoms with Crippen LogP contribution in [0.2, 0.25) is 0 Å². The van der Waals surface area contributed by atoms with Gasteiger partial charge in [0.05, 0.1) is 27.3 Å². The molecule has 8 rings (SSSR count). The third-order valence-corrected chi connectivity index (χ3v) is 10.4. The zero-order valence-electron chi connectivity index (χ0n) is 28.4. The lowest BCUT2D eigenvalue weighted by atomic mass is 9.81. The molecule has 0 aliphatic rings. The summed E-state index contributed by atoms with van der Waals surface area (Å²) >= 11 is 0. The first kappa shape index (κ1) is 28.8. The van der Waals surface area contributed by atoms with Gasteiger partial charge in [0.1, 0.15) is 7.05 Å².